The van der Waals surface area contributed by atoms with E-state index in [1.807, 2.05) is 0 Å². The second kappa shape index (κ2) is 13.0. The molecule has 0 aliphatic carbocycles. The van der Waals surface area contributed by atoms with Crippen molar-refractivity contribution in [1.29, 1.82) is 0 Å². The molecule has 2 unspecified atom stereocenters. The highest BCUT2D eigenvalue weighted by Crippen LogP contribution is 2.33. The molecule has 27 heavy (non-hydrogen) atoms. The van der Waals surface area contributed by atoms with Crippen LogP contribution in [0.4, 0.5) is 0 Å². The number of unbranched alkanes of at least 4 members (excludes halogenated alkanes) is 8. The van der Waals surface area contributed by atoms with E-state index in [4.69, 9.17) is 4.74 Å². The Kier molecular flexibility index (Phi) is 10.6. The summed E-state index contributed by atoms with van der Waals surface area (Å²) in [6.45, 7) is 4.49. The van der Waals surface area contributed by atoms with Crippen molar-refractivity contribution < 1.29 is 9.53 Å². The monoisotopic (exact) mass is 372 g/mol. The highest BCUT2D eigenvalue weighted by atomic mass is 16.5. The van der Waals surface area contributed by atoms with Crippen molar-refractivity contribution in [3.05, 3.63) is 35.4 Å². The van der Waals surface area contributed by atoms with Crippen LogP contribution in [0.2, 0.25) is 0 Å². The first-order valence-corrected chi connectivity index (χ1v) is 11.5. The molecule has 0 saturated carbocycles. The summed E-state index contributed by atoms with van der Waals surface area (Å²) in [6.07, 6.45) is 17.0. The molecule has 0 aromatic heterocycles. The Bertz CT molecular complexity index is 520. The van der Waals surface area contributed by atoms with E-state index in [0.29, 0.717) is 0 Å². The lowest BCUT2D eigenvalue weighted by Crippen LogP contribution is -2.26. The van der Waals surface area contributed by atoms with Crippen molar-refractivity contribution in [3.8, 4) is 0 Å². The molecule has 2 heteroatoms. The average Bonchev–Trinajstić information content (AvgIpc) is 2.69. The summed E-state index contributed by atoms with van der Waals surface area (Å²) in [5.41, 5.74) is 2.57. The molecular weight excluding hydrogens is 332 g/mol. The molecule has 1 saturated heterocycles. The molecule has 1 aliphatic heterocycles. The Hall–Kier alpha value is -1.31. The summed E-state index contributed by atoms with van der Waals surface area (Å²) in [7, 11) is 0. The highest BCUT2D eigenvalue weighted by Gasteiger charge is 2.30. The van der Waals surface area contributed by atoms with Crippen LogP contribution in [0.3, 0.4) is 0 Å². The quantitative estimate of drug-likeness (QED) is 0.264. The van der Waals surface area contributed by atoms with Gasteiger partial charge in [0, 0.05) is 0 Å². The second-order valence-electron chi connectivity index (χ2n) is 8.31. The third-order valence-electron chi connectivity index (χ3n) is 5.95. The molecule has 1 heterocycles. The molecule has 2 rings (SSSR count). The summed E-state index contributed by atoms with van der Waals surface area (Å²) < 4.78 is 5.79. The van der Waals surface area contributed by atoms with Gasteiger partial charge in [-0.25, -0.2) is 0 Å². The molecule has 1 fully saturated rings. The third kappa shape index (κ3) is 8.07. The highest BCUT2D eigenvalue weighted by molar-refractivity contribution is 5.73. The number of ether oxygens (including phenoxy) is 1. The van der Waals surface area contributed by atoms with Crippen molar-refractivity contribution in [1.82, 2.24) is 0 Å². The molecule has 1 aromatic rings. The third-order valence-corrected chi connectivity index (χ3v) is 5.95. The van der Waals surface area contributed by atoms with Crippen molar-refractivity contribution in [2.24, 2.45) is 5.92 Å². The standard InChI is InChI=1S/C25H40O2/c1-3-5-7-9-10-12-14-23-19-20-24(27-25(23)26)22-17-15-21(16-18-22)13-11-8-6-4-2/h15-18,23-24H,3-14,19-20H2,1-2H3. The molecule has 0 spiro atoms. The van der Waals surface area contributed by atoms with E-state index in [-0.39, 0.29) is 18.0 Å². The minimum atomic E-state index is -0.0348. The molecule has 1 aliphatic rings. The van der Waals surface area contributed by atoms with Crippen LogP contribution >= 0.6 is 0 Å². The van der Waals surface area contributed by atoms with Gasteiger partial charge in [0.2, 0.25) is 0 Å². The summed E-state index contributed by atoms with van der Waals surface area (Å²) in [4.78, 5) is 12.4. The first-order chi connectivity index (χ1) is 13.2. The van der Waals surface area contributed by atoms with Crippen LogP contribution in [0, 0.1) is 5.92 Å². The largest absolute Gasteiger partial charge is 0.457 e. The topological polar surface area (TPSA) is 26.3 Å². The van der Waals surface area contributed by atoms with Gasteiger partial charge in [-0.05, 0) is 43.2 Å². The summed E-state index contributed by atoms with van der Waals surface area (Å²) in [5, 5.41) is 0. The lowest BCUT2D eigenvalue weighted by molar-refractivity contribution is -0.161. The van der Waals surface area contributed by atoms with Gasteiger partial charge in [0.25, 0.3) is 0 Å². The van der Waals surface area contributed by atoms with Gasteiger partial charge in [-0.3, -0.25) is 4.79 Å². The maximum Gasteiger partial charge on any atom is 0.309 e. The molecule has 0 amide bonds. The van der Waals surface area contributed by atoms with Crippen molar-refractivity contribution in [2.75, 3.05) is 0 Å². The van der Waals surface area contributed by atoms with E-state index in [9.17, 15) is 4.79 Å². The predicted octanol–water partition coefficient (Wildman–Crippen LogP) is 7.55. The second-order valence-corrected chi connectivity index (χ2v) is 8.31. The van der Waals surface area contributed by atoms with Crippen LogP contribution in [0.15, 0.2) is 24.3 Å². The van der Waals surface area contributed by atoms with Crippen LogP contribution in [0.5, 0.6) is 0 Å². The van der Waals surface area contributed by atoms with Gasteiger partial charge in [0.05, 0.1) is 5.92 Å². The lowest BCUT2D eigenvalue weighted by atomic mass is 9.90. The number of esters is 1. The maximum absolute atomic E-state index is 12.4. The van der Waals surface area contributed by atoms with Gasteiger partial charge < -0.3 is 4.74 Å². The van der Waals surface area contributed by atoms with Crippen LogP contribution in [0.1, 0.15) is 115 Å². The summed E-state index contributed by atoms with van der Waals surface area (Å²) in [6, 6.07) is 8.78. The molecule has 0 bridgehead atoms. The summed E-state index contributed by atoms with van der Waals surface area (Å²) in [5.74, 6) is 0.161. The number of carbonyl (C=O) groups excluding carboxylic acids is 1. The van der Waals surface area contributed by atoms with E-state index in [2.05, 4.69) is 38.1 Å². The SMILES string of the molecule is CCCCCCCCC1CCC(c2ccc(CCCCCC)cc2)OC1=O. The molecule has 152 valence electrons. The fraction of sp³-hybridized carbons (Fsp3) is 0.720. The van der Waals surface area contributed by atoms with Crippen LogP contribution in [-0.4, -0.2) is 5.97 Å². The van der Waals surface area contributed by atoms with E-state index in [1.54, 1.807) is 0 Å². The van der Waals surface area contributed by atoms with E-state index < -0.39 is 0 Å². The zero-order valence-electron chi connectivity index (χ0n) is 17.7. The normalized spacial score (nSPS) is 19.9. The number of hydrogen-bond acceptors (Lipinski definition) is 2. The molecule has 0 N–H and O–H groups in total. The van der Waals surface area contributed by atoms with Gasteiger partial charge >= 0.3 is 5.97 Å². The van der Waals surface area contributed by atoms with Gasteiger partial charge in [-0.1, -0.05) is 95.9 Å². The first-order valence-electron chi connectivity index (χ1n) is 11.5. The smallest absolute Gasteiger partial charge is 0.309 e. The maximum atomic E-state index is 12.4. The first kappa shape index (κ1) is 22.0. The molecule has 2 nitrogen and oxygen atoms in total. The van der Waals surface area contributed by atoms with E-state index in [1.165, 1.54) is 75.3 Å². The lowest BCUT2D eigenvalue weighted by Gasteiger charge is -2.28. The molecule has 1 aromatic carbocycles. The Morgan fingerprint density at radius 1 is 0.815 bits per heavy atom. The average molecular weight is 373 g/mol. The van der Waals surface area contributed by atoms with Gasteiger partial charge in [0.1, 0.15) is 6.10 Å². The number of benzene rings is 1. The zero-order chi connectivity index (χ0) is 19.3. The van der Waals surface area contributed by atoms with Crippen LogP contribution in [-0.2, 0) is 16.0 Å². The zero-order valence-corrected chi connectivity index (χ0v) is 17.7. The van der Waals surface area contributed by atoms with Gasteiger partial charge in [0.15, 0.2) is 0 Å². The summed E-state index contributed by atoms with van der Waals surface area (Å²) >= 11 is 0. The Balaban J connectivity index is 1.69. The minimum Gasteiger partial charge on any atom is -0.457 e. The van der Waals surface area contributed by atoms with E-state index >= 15 is 0 Å². The number of hydrogen-bond donors (Lipinski definition) is 0. The van der Waals surface area contributed by atoms with E-state index in [0.717, 1.165) is 25.7 Å². The Morgan fingerprint density at radius 3 is 2.11 bits per heavy atom. The Morgan fingerprint density at radius 2 is 1.44 bits per heavy atom. The Labute approximate surface area is 167 Å². The molecular formula is C25H40O2. The van der Waals surface area contributed by atoms with Gasteiger partial charge in [-0.2, -0.15) is 0 Å². The molecule has 0 radical (unpaired) electrons. The number of rotatable bonds is 13. The number of aryl methyl sites for hydroxylation is 1. The van der Waals surface area contributed by atoms with Gasteiger partial charge in [-0.15, -0.1) is 0 Å². The van der Waals surface area contributed by atoms with Crippen molar-refractivity contribution in [2.45, 2.75) is 110 Å². The van der Waals surface area contributed by atoms with Crippen molar-refractivity contribution >= 4 is 5.97 Å². The van der Waals surface area contributed by atoms with Crippen LogP contribution < -0.4 is 0 Å². The fourth-order valence-corrected chi connectivity index (χ4v) is 4.09. The predicted molar refractivity (Wildman–Crippen MR) is 114 cm³/mol. The van der Waals surface area contributed by atoms with Crippen molar-refractivity contribution in [3.63, 3.8) is 0 Å². The number of cyclic esters (lactones) is 1. The van der Waals surface area contributed by atoms with Crippen LogP contribution in [0.25, 0.3) is 0 Å². The molecule has 2 atom stereocenters. The minimum absolute atomic E-state index is 0.0310. The fourth-order valence-electron chi connectivity index (χ4n) is 4.09. The number of carbonyl (C=O) groups is 1.